The Balaban J connectivity index is 2.51. The van der Waals surface area contributed by atoms with E-state index in [1.807, 2.05) is 26.1 Å². The van der Waals surface area contributed by atoms with Gasteiger partial charge in [-0.2, -0.15) is 0 Å². The normalized spacial score (nSPS) is 12.2. The summed E-state index contributed by atoms with van der Waals surface area (Å²) in [5.41, 5.74) is 3.02. The Hall–Kier alpha value is -1.58. The lowest BCUT2D eigenvalue weighted by Gasteiger charge is -2.20. The van der Waals surface area contributed by atoms with Crippen LogP contribution in [0.3, 0.4) is 0 Å². The maximum atomic E-state index is 13.3. The summed E-state index contributed by atoms with van der Waals surface area (Å²) in [6.45, 7) is 2.02. The van der Waals surface area contributed by atoms with E-state index in [9.17, 15) is 4.39 Å². The first-order valence-corrected chi connectivity index (χ1v) is 6.71. The highest BCUT2D eigenvalue weighted by Crippen LogP contribution is 2.32. The van der Waals surface area contributed by atoms with Crippen LogP contribution in [0, 0.1) is 12.7 Å². The number of nitrogens with one attached hydrogen (secondary N) is 1. The molecule has 1 N–H and O–H groups in total. The molecule has 20 heavy (non-hydrogen) atoms. The zero-order valence-electron chi connectivity index (χ0n) is 11.7. The zero-order valence-corrected chi connectivity index (χ0v) is 12.5. The molecule has 4 heteroatoms. The van der Waals surface area contributed by atoms with Gasteiger partial charge in [-0.05, 0) is 37.7 Å². The number of hydrogen-bond donors (Lipinski definition) is 1. The fourth-order valence-corrected chi connectivity index (χ4v) is 2.46. The molecule has 0 bridgehead atoms. The minimum absolute atomic E-state index is 0.108. The largest absolute Gasteiger partial charge is 0.496 e. The van der Waals surface area contributed by atoms with Crippen molar-refractivity contribution in [3.8, 4) is 5.75 Å². The average molecular weight is 294 g/mol. The average Bonchev–Trinajstić information content (AvgIpc) is 2.44. The van der Waals surface area contributed by atoms with Crippen LogP contribution in [0.5, 0.6) is 5.75 Å². The Morgan fingerprint density at radius 2 is 1.95 bits per heavy atom. The minimum atomic E-state index is -0.415. The highest BCUT2D eigenvalue weighted by atomic mass is 35.5. The summed E-state index contributed by atoms with van der Waals surface area (Å²) < 4.78 is 18.7. The van der Waals surface area contributed by atoms with Crippen LogP contribution < -0.4 is 10.1 Å². The number of hydrogen-bond acceptors (Lipinski definition) is 2. The van der Waals surface area contributed by atoms with E-state index in [2.05, 4.69) is 11.4 Å². The predicted octanol–water partition coefficient (Wildman–Crippen LogP) is 4.10. The first-order chi connectivity index (χ1) is 9.56. The molecular formula is C16H17ClFNO. The van der Waals surface area contributed by atoms with Gasteiger partial charge < -0.3 is 10.1 Å². The van der Waals surface area contributed by atoms with Gasteiger partial charge in [0.2, 0.25) is 0 Å². The van der Waals surface area contributed by atoms with Crippen molar-refractivity contribution in [2.75, 3.05) is 14.2 Å². The maximum Gasteiger partial charge on any atom is 0.141 e. The summed E-state index contributed by atoms with van der Waals surface area (Å²) in [4.78, 5) is 0. The lowest BCUT2D eigenvalue weighted by molar-refractivity contribution is 0.405. The molecule has 0 aliphatic carbocycles. The van der Waals surface area contributed by atoms with Crippen LogP contribution in [0.1, 0.15) is 22.7 Å². The van der Waals surface area contributed by atoms with Crippen molar-refractivity contribution in [1.82, 2.24) is 5.32 Å². The van der Waals surface area contributed by atoms with E-state index >= 15 is 0 Å². The third-order valence-electron chi connectivity index (χ3n) is 3.26. The molecule has 0 fully saturated rings. The zero-order chi connectivity index (χ0) is 14.7. The van der Waals surface area contributed by atoms with Crippen molar-refractivity contribution < 1.29 is 9.13 Å². The smallest absolute Gasteiger partial charge is 0.141 e. The topological polar surface area (TPSA) is 21.3 Å². The Bertz CT molecular complexity index is 615. The highest BCUT2D eigenvalue weighted by Gasteiger charge is 2.17. The van der Waals surface area contributed by atoms with Crippen LogP contribution in [0.15, 0.2) is 36.4 Å². The molecule has 0 radical (unpaired) electrons. The van der Waals surface area contributed by atoms with Gasteiger partial charge in [0.25, 0.3) is 0 Å². The Morgan fingerprint density at radius 3 is 2.55 bits per heavy atom. The summed E-state index contributed by atoms with van der Waals surface area (Å²) in [6, 6.07) is 10.6. The van der Waals surface area contributed by atoms with Crippen LogP contribution in [0.4, 0.5) is 4.39 Å². The first-order valence-electron chi connectivity index (χ1n) is 6.33. The third kappa shape index (κ3) is 2.94. The van der Waals surface area contributed by atoms with Gasteiger partial charge in [0, 0.05) is 5.56 Å². The second kappa shape index (κ2) is 6.25. The molecule has 1 atom stereocenters. The standard InChI is InChI=1S/C16H17ClFNO/c1-10-4-7-15(20-3)12(8-10)16(19-2)11-5-6-14(18)13(17)9-11/h4-9,16,19H,1-3H3. The van der Waals surface area contributed by atoms with Crippen molar-refractivity contribution in [1.29, 1.82) is 0 Å². The molecule has 0 amide bonds. The minimum Gasteiger partial charge on any atom is -0.496 e. The summed E-state index contributed by atoms with van der Waals surface area (Å²) in [5, 5.41) is 3.34. The number of benzene rings is 2. The van der Waals surface area contributed by atoms with Gasteiger partial charge in [0.05, 0.1) is 18.2 Å². The van der Waals surface area contributed by atoms with E-state index in [-0.39, 0.29) is 11.1 Å². The van der Waals surface area contributed by atoms with Crippen molar-refractivity contribution in [3.63, 3.8) is 0 Å². The molecule has 0 heterocycles. The predicted molar refractivity (Wildman–Crippen MR) is 80.0 cm³/mol. The molecule has 2 rings (SSSR count). The van der Waals surface area contributed by atoms with E-state index in [1.54, 1.807) is 19.2 Å². The summed E-state index contributed by atoms with van der Waals surface area (Å²) >= 11 is 5.87. The van der Waals surface area contributed by atoms with Crippen LogP contribution in [-0.4, -0.2) is 14.2 Å². The van der Waals surface area contributed by atoms with Gasteiger partial charge in [-0.25, -0.2) is 4.39 Å². The van der Waals surface area contributed by atoms with Crippen LogP contribution >= 0.6 is 11.6 Å². The summed E-state index contributed by atoms with van der Waals surface area (Å²) in [5.74, 6) is 0.372. The molecule has 2 nitrogen and oxygen atoms in total. The molecular weight excluding hydrogens is 277 g/mol. The van der Waals surface area contributed by atoms with Crippen LogP contribution in [-0.2, 0) is 0 Å². The number of ether oxygens (including phenoxy) is 1. The van der Waals surface area contributed by atoms with E-state index < -0.39 is 5.82 Å². The molecule has 0 aromatic heterocycles. The third-order valence-corrected chi connectivity index (χ3v) is 3.55. The fourth-order valence-electron chi connectivity index (χ4n) is 2.27. The molecule has 1 unspecified atom stereocenters. The summed E-state index contributed by atoms with van der Waals surface area (Å²) in [6.07, 6.45) is 0. The number of halogens is 2. The second-order valence-electron chi connectivity index (χ2n) is 4.64. The molecule has 0 aliphatic rings. The van der Waals surface area contributed by atoms with Gasteiger partial charge in [-0.15, -0.1) is 0 Å². The molecule has 0 aliphatic heterocycles. The fraction of sp³-hybridized carbons (Fsp3) is 0.250. The molecule has 2 aromatic carbocycles. The van der Waals surface area contributed by atoms with Gasteiger partial charge in [-0.3, -0.25) is 0 Å². The number of rotatable bonds is 4. The highest BCUT2D eigenvalue weighted by molar-refractivity contribution is 6.30. The van der Waals surface area contributed by atoms with E-state index in [0.29, 0.717) is 0 Å². The Kier molecular flexibility index (Phi) is 4.63. The monoisotopic (exact) mass is 293 g/mol. The lowest BCUT2D eigenvalue weighted by Crippen LogP contribution is -2.18. The lowest BCUT2D eigenvalue weighted by atomic mass is 9.96. The molecule has 0 spiro atoms. The molecule has 0 saturated carbocycles. The first kappa shape index (κ1) is 14.8. The quantitative estimate of drug-likeness (QED) is 0.916. The number of methoxy groups -OCH3 is 1. The van der Waals surface area contributed by atoms with Crippen molar-refractivity contribution >= 4 is 11.6 Å². The van der Waals surface area contributed by atoms with E-state index in [1.165, 1.54) is 6.07 Å². The Labute approximate surface area is 123 Å². The maximum absolute atomic E-state index is 13.3. The van der Waals surface area contributed by atoms with Gasteiger partial charge >= 0.3 is 0 Å². The van der Waals surface area contributed by atoms with Gasteiger partial charge in [-0.1, -0.05) is 35.4 Å². The van der Waals surface area contributed by atoms with Gasteiger partial charge in [0.1, 0.15) is 11.6 Å². The van der Waals surface area contributed by atoms with Crippen LogP contribution in [0.2, 0.25) is 5.02 Å². The van der Waals surface area contributed by atoms with E-state index in [4.69, 9.17) is 16.3 Å². The van der Waals surface area contributed by atoms with Crippen molar-refractivity contribution in [3.05, 3.63) is 63.9 Å². The Morgan fingerprint density at radius 1 is 1.20 bits per heavy atom. The van der Waals surface area contributed by atoms with Crippen molar-refractivity contribution in [2.45, 2.75) is 13.0 Å². The summed E-state index contributed by atoms with van der Waals surface area (Å²) in [7, 11) is 3.49. The van der Waals surface area contributed by atoms with Crippen LogP contribution in [0.25, 0.3) is 0 Å². The van der Waals surface area contributed by atoms with Gasteiger partial charge in [0.15, 0.2) is 0 Å². The molecule has 0 saturated heterocycles. The van der Waals surface area contributed by atoms with Crippen molar-refractivity contribution in [2.24, 2.45) is 0 Å². The molecule has 2 aromatic rings. The number of aryl methyl sites for hydroxylation is 1. The SMILES string of the molecule is CNC(c1ccc(F)c(Cl)c1)c1cc(C)ccc1OC. The van der Waals surface area contributed by atoms with E-state index in [0.717, 1.165) is 22.4 Å². The second-order valence-corrected chi connectivity index (χ2v) is 5.05. The molecule has 106 valence electrons.